The minimum absolute atomic E-state index is 0.430. The van der Waals surface area contributed by atoms with Gasteiger partial charge in [0.05, 0.1) is 18.4 Å². The number of aromatic nitrogens is 6. The Morgan fingerprint density at radius 1 is 1.24 bits per heavy atom. The van der Waals surface area contributed by atoms with E-state index >= 15 is 0 Å². The number of hydrogen-bond donors (Lipinski definition) is 0. The fourth-order valence-electron chi connectivity index (χ4n) is 1.71. The van der Waals surface area contributed by atoms with Crippen molar-refractivity contribution in [3.63, 3.8) is 0 Å². The Kier molecular flexibility index (Phi) is 3.82. The molecule has 0 aliphatic carbocycles. The molecular formula is C12H12N6O2S. The third kappa shape index (κ3) is 2.87. The molecular weight excluding hydrogens is 292 g/mol. The summed E-state index contributed by atoms with van der Waals surface area (Å²) in [7, 11) is 3.38. The van der Waals surface area contributed by atoms with Gasteiger partial charge in [0.2, 0.25) is 11.0 Å². The van der Waals surface area contributed by atoms with Gasteiger partial charge in [-0.15, -0.1) is 15.3 Å². The highest BCUT2D eigenvalue weighted by Gasteiger charge is 2.14. The van der Waals surface area contributed by atoms with Gasteiger partial charge in [0, 0.05) is 7.05 Å². The predicted molar refractivity (Wildman–Crippen MR) is 74.6 cm³/mol. The molecule has 1 aromatic carbocycles. The molecule has 0 spiro atoms. The maximum atomic E-state index is 5.65. The lowest BCUT2D eigenvalue weighted by Gasteiger charge is -2.03. The van der Waals surface area contributed by atoms with E-state index in [-0.39, 0.29) is 0 Å². The summed E-state index contributed by atoms with van der Waals surface area (Å²) in [6, 6.07) is 7.49. The van der Waals surface area contributed by atoms with Gasteiger partial charge in [-0.3, -0.25) is 0 Å². The number of ether oxygens (including phenoxy) is 1. The molecule has 9 heteroatoms. The van der Waals surface area contributed by atoms with Crippen LogP contribution in [-0.2, 0) is 12.8 Å². The molecule has 21 heavy (non-hydrogen) atoms. The molecule has 0 fully saturated rings. The second kappa shape index (κ2) is 5.92. The van der Waals surface area contributed by atoms with Crippen LogP contribution in [0.1, 0.15) is 5.89 Å². The number of aryl methyl sites for hydroxylation is 1. The maximum absolute atomic E-state index is 5.65. The third-order valence-electron chi connectivity index (χ3n) is 2.71. The van der Waals surface area contributed by atoms with Crippen LogP contribution in [0.3, 0.4) is 0 Å². The topological polar surface area (TPSA) is 91.8 Å². The molecule has 0 saturated carbocycles. The first-order valence-electron chi connectivity index (χ1n) is 6.09. The highest BCUT2D eigenvalue weighted by atomic mass is 32.2. The number of hydrogen-bond acceptors (Lipinski definition) is 8. The van der Waals surface area contributed by atoms with Crippen LogP contribution in [0, 0.1) is 0 Å². The number of rotatable bonds is 5. The van der Waals surface area contributed by atoms with Crippen LogP contribution >= 0.6 is 11.8 Å². The first kappa shape index (κ1) is 13.6. The number of nitrogens with zero attached hydrogens (tertiary/aromatic N) is 6. The summed E-state index contributed by atoms with van der Waals surface area (Å²) >= 11 is 1.42. The van der Waals surface area contributed by atoms with Crippen LogP contribution < -0.4 is 4.74 Å². The van der Waals surface area contributed by atoms with Gasteiger partial charge in [-0.2, -0.15) is 0 Å². The first-order valence-corrected chi connectivity index (χ1v) is 7.07. The standard InChI is InChI=1S/C12H12N6O2S/c1-18-12(15-16-17-18)21-7-10-13-14-11(20-10)8-5-3-4-6-9(8)19-2/h3-6H,7H2,1-2H3. The Morgan fingerprint density at radius 2 is 2.10 bits per heavy atom. The van der Waals surface area contributed by atoms with Crippen molar-refractivity contribution in [2.45, 2.75) is 10.9 Å². The smallest absolute Gasteiger partial charge is 0.251 e. The Morgan fingerprint density at radius 3 is 2.86 bits per heavy atom. The minimum atomic E-state index is 0.430. The van der Waals surface area contributed by atoms with Gasteiger partial charge in [0.1, 0.15) is 5.75 Å². The minimum Gasteiger partial charge on any atom is -0.496 e. The molecule has 0 amide bonds. The van der Waals surface area contributed by atoms with Crippen molar-refractivity contribution < 1.29 is 9.15 Å². The van der Waals surface area contributed by atoms with Gasteiger partial charge in [-0.1, -0.05) is 23.9 Å². The second-order valence-electron chi connectivity index (χ2n) is 4.07. The molecule has 2 heterocycles. The number of methoxy groups -OCH3 is 1. The van der Waals surface area contributed by atoms with E-state index in [4.69, 9.17) is 9.15 Å². The van der Waals surface area contributed by atoms with E-state index < -0.39 is 0 Å². The first-order chi connectivity index (χ1) is 10.3. The van der Waals surface area contributed by atoms with E-state index in [0.717, 1.165) is 5.56 Å². The van der Waals surface area contributed by atoms with E-state index in [1.165, 1.54) is 11.8 Å². The molecule has 2 aromatic heterocycles. The van der Waals surface area contributed by atoms with E-state index in [1.54, 1.807) is 18.8 Å². The van der Waals surface area contributed by atoms with Crippen LogP contribution in [0.5, 0.6) is 5.75 Å². The summed E-state index contributed by atoms with van der Waals surface area (Å²) in [5.74, 6) is 2.12. The van der Waals surface area contributed by atoms with Gasteiger partial charge < -0.3 is 9.15 Å². The van der Waals surface area contributed by atoms with E-state index in [2.05, 4.69) is 25.7 Å². The van der Waals surface area contributed by atoms with Gasteiger partial charge in [-0.05, 0) is 22.6 Å². The van der Waals surface area contributed by atoms with Gasteiger partial charge in [-0.25, -0.2) is 4.68 Å². The van der Waals surface area contributed by atoms with Crippen molar-refractivity contribution in [1.29, 1.82) is 0 Å². The fourth-order valence-corrected chi connectivity index (χ4v) is 2.40. The second-order valence-corrected chi connectivity index (χ2v) is 5.02. The van der Waals surface area contributed by atoms with Crippen LogP contribution in [0.2, 0.25) is 0 Å². The molecule has 0 unspecified atom stereocenters. The summed E-state index contributed by atoms with van der Waals surface area (Å²) < 4.78 is 12.5. The van der Waals surface area contributed by atoms with Crippen LogP contribution in [0.15, 0.2) is 33.8 Å². The normalized spacial score (nSPS) is 10.8. The highest BCUT2D eigenvalue weighted by Crippen LogP contribution is 2.29. The summed E-state index contributed by atoms with van der Waals surface area (Å²) in [6.45, 7) is 0. The highest BCUT2D eigenvalue weighted by molar-refractivity contribution is 7.98. The zero-order valence-corrected chi connectivity index (χ0v) is 12.2. The van der Waals surface area contributed by atoms with Gasteiger partial charge in [0.15, 0.2) is 0 Å². The summed E-state index contributed by atoms with van der Waals surface area (Å²) in [4.78, 5) is 0. The SMILES string of the molecule is COc1ccccc1-c1nnc(CSc2nnnn2C)o1. The maximum Gasteiger partial charge on any atom is 0.251 e. The molecule has 0 saturated heterocycles. The van der Waals surface area contributed by atoms with Crippen LogP contribution in [0.4, 0.5) is 0 Å². The van der Waals surface area contributed by atoms with Gasteiger partial charge in [0.25, 0.3) is 5.89 Å². The van der Waals surface area contributed by atoms with Crippen LogP contribution in [0.25, 0.3) is 11.5 Å². The van der Waals surface area contributed by atoms with Crippen molar-refractivity contribution in [2.75, 3.05) is 7.11 Å². The zero-order valence-electron chi connectivity index (χ0n) is 11.4. The molecule has 0 atom stereocenters. The lowest BCUT2D eigenvalue weighted by atomic mass is 10.2. The molecule has 3 aromatic rings. The van der Waals surface area contributed by atoms with Crippen molar-refractivity contribution >= 4 is 11.8 Å². The Hall–Kier alpha value is -2.42. The molecule has 0 aliphatic heterocycles. The summed E-state index contributed by atoms with van der Waals surface area (Å²) in [6.07, 6.45) is 0. The molecule has 3 rings (SSSR count). The van der Waals surface area contributed by atoms with E-state index in [0.29, 0.717) is 28.4 Å². The molecule has 0 bridgehead atoms. The molecule has 0 N–H and O–H groups in total. The van der Waals surface area contributed by atoms with Crippen molar-refractivity contribution in [3.8, 4) is 17.2 Å². The average molecular weight is 304 g/mol. The number of benzene rings is 1. The molecule has 8 nitrogen and oxygen atoms in total. The fraction of sp³-hybridized carbons (Fsp3) is 0.250. The number of tetrazole rings is 1. The Balaban J connectivity index is 1.76. The Bertz CT molecular complexity index is 741. The zero-order chi connectivity index (χ0) is 14.7. The molecule has 0 aliphatic rings. The third-order valence-corrected chi connectivity index (χ3v) is 3.71. The summed E-state index contributed by atoms with van der Waals surface area (Å²) in [5, 5.41) is 20.0. The van der Waals surface area contributed by atoms with Crippen molar-refractivity contribution in [1.82, 2.24) is 30.4 Å². The molecule has 108 valence electrons. The quantitative estimate of drug-likeness (QED) is 0.656. The summed E-state index contributed by atoms with van der Waals surface area (Å²) in [5.41, 5.74) is 0.768. The van der Waals surface area contributed by atoms with Crippen molar-refractivity contribution in [3.05, 3.63) is 30.2 Å². The lowest BCUT2D eigenvalue weighted by Crippen LogP contribution is -1.93. The van der Waals surface area contributed by atoms with Gasteiger partial charge >= 0.3 is 0 Å². The number of thioether (sulfide) groups is 1. The van der Waals surface area contributed by atoms with Crippen molar-refractivity contribution in [2.24, 2.45) is 7.05 Å². The monoisotopic (exact) mass is 304 g/mol. The van der Waals surface area contributed by atoms with E-state index in [9.17, 15) is 0 Å². The largest absolute Gasteiger partial charge is 0.496 e. The van der Waals surface area contributed by atoms with Crippen LogP contribution in [-0.4, -0.2) is 37.5 Å². The predicted octanol–water partition coefficient (Wildman–Crippen LogP) is 1.56. The Labute approximate surface area is 124 Å². The molecule has 0 radical (unpaired) electrons. The lowest BCUT2D eigenvalue weighted by molar-refractivity contribution is 0.414. The average Bonchev–Trinajstić information content (AvgIpc) is 3.14. The van der Waals surface area contributed by atoms with E-state index in [1.807, 2.05) is 24.3 Å². The number of para-hydroxylation sites is 1.